The summed E-state index contributed by atoms with van der Waals surface area (Å²) in [5, 5.41) is 12.5. The van der Waals surface area contributed by atoms with Gasteiger partial charge in [-0.25, -0.2) is 0 Å². The van der Waals surface area contributed by atoms with Crippen LogP contribution in [0.4, 0.5) is 0 Å². The highest BCUT2D eigenvalue weighted by Gasteiger charge is 2.35. The van der Waals surface area contributed by atoms with Crippen LogP contribution in [-0.2, 0) is 4.79 Å². The van der Waals surface area contributed by atoms with Crippen LogP contribution in [-0.4, -0.2) is 29.0 Å². The number of carbonyl (C=O) groups is 1. The molecule has 2 N–H and O–H groups in total. The predicted octanol–water partition coefficient (Wildman–Crippen LogP) is 2.06. The Morgan fingerprint density at radius 1 is 1.62 bits per heavy atom. The Hall–Kier alpha value is -0.280. The molecule has 1 rings (SSSR count). The molecule has 1 amide bonds. The van der Waals surface area contributed by atoms with Crippen LogP contribution in [0.2, 0.25) is 0 Å². The summed E-state index contributed by atoms with van der Waals surface area (Å²) in [6, 6.07) is 0. The molecule has 1 aliphatic carbocycles. The van der Waals surface area contributed by atoms with Crippen LogP contribution in [0, 0.1) is 5.92 Å². The van der Waals surface area contributed by atoms with Crippen molar-refractivity contribution in [2.45, 2.75) is 51.0 Å². The molecule has 0 saturated heterocycles. The van der Waals surface area contributed by atoms with Gasteiger partial charge in [-0.05, 0) is 25.2 Å². The van der Waals surface area contributed by atoms with E-state index in [4.69, 9.17) is 11.6 Å². The molecule has 1 aliphatic rings. The summed E-state index contributed by atoms with van der Waals surface area (Å²) in [4.78, 5) is 11.7. The molecule has 0 aromatic carbocycles. The zero-order valence-electron chi connectivity index (χ0n) is 9.97. The lowest BCUT2D eigenvalue weighted by Crippen LogP contribution is -2.53. The van der Waals surface area contributed by atoms with Crippen molar-refractivity contribution in [3.8, 4) is 0 Å². The SMILES string of the molecule is CC1CCCC(CO)(NC(=O)CCCCl)C1. The Kier molecular flexibility index (Phi) is 5.56. The van der Waals surface area contributed by atoms with E-state index in [9.17, 15) is 9.90 Å². The highest BCUT2D eigenvalue weighted by atomic mass is 35.5. The number of rotatable bonds is 5. The Bertz CT molecular complexity index is 235. The third-order valence-corrected chi connectivity index (χ3v) is 3.60. The number of halogens is 1. The fraction of sp³-hybridized carbons (Fsp3) is 0.917. The van der Waals surface area contributed by atoms with E-state index < -0.39 is 0 Å². The molecule has 1 saturated carbocycles. The van der Waals surface area contributed by atoms with Gasteiger partial charge in [-0.3, -0.25) is 4.79 Å². The third kappa shape index (κ3) is 3.95. The van der Waals surface area contributed by atoms with Gasteiger partial charge in [-0.15, -0.1) is 11.6 Å². The first-order valence-corrected chi connectivity index (χ1v) is 6.63. The van der Waals surface area contributed by atoms with Gasteiger partial charge < -0.3 is 10.4 Å². The van der Waals surface area contributed by atoms with Gasteiger partial charge >= 0.3 is 0 Å². The number of hydrogen-bond donors (Lipinski definition) is 2. The standard InChI is InChI=1S/C12H22ClNO2/c1-10-4-2-6-12(8-10,9-15)14-11(16)5-3-7-13/h10,15H,2-9H2,1H3,(H,14,16). The second-order valence-electron chi connectivity index (χ2n) is 4.98. The Balaban J connectivity index is 2.49. The average molecular weight is 248 g/mol. The van der Waals surface area contributed by atoms with Gasteiger partial charge in [-0.1, -0.05) is 19.8 Å². The molecular weight excluding hydrogens is 226 g/mol. The van der Waals surface area contributed by atoms with E-state index in [0.29, 0.717) is 24.6 Å². The lowest BCUT2D eigenvalue weighted by atomic mass is 9.77. The maximum Gasteiger partial charge on any atom is 0.220 e. The lowest BCUT2D eigenvalue weighted by Gasteiger charge is -2.39. The number of amides is 1. The molecule has 0 aliphatic heterocycles. The predicted molar refractivity (Wildman–Crippen MR) is 65.5 cm³/mol. The minimum absolute atomic E-state index is 0.0174. The Labute approximate surface area is 103 Å². The Morgan fingerprint density at radius 3 is 2.94 bits per heavy atom. The fourth-order valence-electron chi connectivity index (χ4n) is 2.54. The van der Waals surface area contributed by atoms with E-state index in [-0.39, 0.29) is 18.1 Å². The molecule has 0 radical (unpaired) electrons. The highest BCUT2D eigenvalue weighted by Crippen LogP contribution is 2.32. The molecule has 3 nitrogen and oxygen atoms in total. The maximum absolute atomic E-state index is 11.7. The molecule has 0 aromatic rings. The summed E-state index contributed by atoms with van der Waals surface area (Å²) in [6.45, 7) is 2.22. The summed E-state index contributed by atoms with van der Waals surface area (Å²) in [5.41, 5.74) is -0.374. The molecule has 94 valence electrons. The summed E-state index contributed by atoms with van der Waals surface area (Å²) < 4.78 is 0. The zero-order chi connectivity index (χ0) is 12.0. The van der Waals surface area contributed by atoms with Crippen molar-refractivity contribution >= 4 is 17.5 Å². The summed E-state index contributed by atoms with van der Waals surface area (Å²) in [6.07, 6.45) is 5.21. The van der Waals surface area contributed by atoms with Crippen molar-refractivity contribution in [3.05, 3.63) is 0 Å². The van der Waals surface area contributed by atoms with Crippen LogP contribution < -0.4 is 5.32 Å². The van der Waals surface area contributed by atoms with E-state index in [1.54, 1.807) is 0 Å². The van der Waals surface area contributed by atoms with Crippen LogP contribution in [0.15, 0.2) is 0 Å². The lowest BCUT2D eigenvalue weighted by molar-refractivity contribution is -0.124. The molecule has 0 spiro atoms. The fourth-order valence-corrected chi connectivity index (χ4v) is 2.68. The van der Waals surface area contributed by atoms with Gasteiger partial charge in [0.1, 0.15) is 0 Å². The van der Waals surface area contributed by atoms with Crippen molar-refractivity contribution in [1.82, 2.24) is 5.32 Å². The molecule has 2 unspecified atom stereocenters. The Morgan fingerprint density at radius 2 is 2.38 bits per heavy atom. The molecule has 0 aromatic heterocycles. The molecular formula is C12H22ClNO2. The summed E-state index contributed by atoms with van der Waals surface area (Å²) >= 11 is 5.55. The van der Waals surface area contributed by atoms with Crippen LogP contribution in [0.3, 0.4) is 0 Å². The molecule has 0 heterocycles. The van der Waals surface area contributed by atoms with Gasteiger partial charge in [-0.2, -0.15) is 0 Å². The minimum Gasteiger partial charge on any atom is -0.394 e. The molecule has 1 fully saturated rings. The van der Waals surface area contributed by atoms with E-state index in [2.05, 4.69) is 12.2 Å². The number of aliphatic hydroxyl groups excluding tert-OH is 1. The van der Waals surface area contributed by atoms with Gasteiger partial charge in [0.25, 0.3) is 0 Å². The first kappa shape index (κ1) is 13.8. The number of aliphatic hydroxyl groups is 1. The van der Waals surface area contributed by atoms with E-state index in [1.807, 2.05) is 0 Å². The number of alkyl halides is 1. The van der Waals surface area contributed by atoms with E-state index in [1.165, 1.54) is 6.42 Å². The average Bonchev–Trinajstić information content (AvgIpc) is 2.26. The quantitative estimate of drug-likeness (QED) is 0.731. The van der Waals surface area contributed by atoms with E-state index >= 15 is 0 Å². The maximum atomic E-state index is 11.7. The molecule has 16 heavy (non-hydrogen) atoms. The van der Waals surface area contributed by atoms with Crippen molar-refractivity contribution in [2.75, 3.05) is 12.5 Å². The monoisotopic (exact) mass is 247 g/mol. The third-order valence-electron chi connectivity index (χ3n) is 3.34. The first-order chi connectivity index (χ1) is 7.62. The van der Waals surface area contributed by atoms with Crippen molar-refractivity contribution in [2.24, 2.45) is 5.92 Å². The number of carbonyl (C=O) groups excluding carboxylic acids is 1. The van der Waals surface area contributed by atoms with Crippen molar-refractivity contribution < 1.29 is 9.90 Å². The first-order valence-electron chi connectivity index (χ1n) is 6.10. The zero-order valence-corrected chi connectivity index (χ0v) is 10.7. The van der Waals surface area contributed by atoms with Crippen molar-refractivity contribution in [3.63, 3.8) is 0 Å². The second-order valence-corrected chi connectivity index (χ2v) is 5.36. The normalized spacial score (nSPS) is 30.1. The van der Waals surface area contributed by atoms with Crippen LogP contribution >= 0.6 is 11.6 Å². The van der Waals surface area contributed by atoms with Gasteiger partial charge in [0.05, 0.1) is 12.1 Å². The minimum atomic E-state index is -0.374. The number of hydrogen-bond acceptors (Lipinski definition) is 2. The molecule has 2 atom stereocenters. The molecule has 4 heteroatoms. The molecule has 0 bridgehead atoms. The number of nitrogens with one attached hydrogen (secondary N) is 1. The van der Waals surface area contributed by atoms with Gasteiger partial charge in [0.2, 0.25) is 5.91 Å². The second kappa shape index (κ2) is 6.45. The van der Waals surface area contributed by atoms with Crippen LogP contribution in [0.5, 0.6) is 0 Å². The van der Waals surface area contributed by atoms with Crippen molar-refractivity contribution in [1.29, 1.82) is 0 Å². The summed E-state index contributed by atoms with van der Waals surface area (Å²) in [7, 11) is 0. The van der Waals surface area contributed by atoms with Gasteiger partial charge in [0, 0.05) is 12.3 Å². The van der Waals surface area contributed by atoms with Crippen LogP contribution in [0.25, 0.3) is 0 Å². The van der Waals surface area contributed by atoms with E-state index in [0.717, 1.165) is 19.3 Å². The van der Waals surface area contributed by atoms with Crippen LogP contribution in [0.1, 0.15) is 45.4 Å². The highest BCUT2D eigenvalue weighted by molar-refractivity contribution is 6.17. The van der Waals surface area contributed by atoms with Gasteiger partial charge in [0.15, 0.2) is 0 Å². The largest absolute Gasteiger partial charge is 0.394 e. The summed E-state index contributed by atoms with van der Waals surface area (Å²) in [5.74, 6) is 1.11. The topological polar surface area (TPSA) is 49.3 Å². The smallest absolute Gasteiger partial charge is 0.220 e.